The lowest BCUT2D eigenvalue weighted by molar-refractivity contribution is -0.134. The highest BCUT2D eigenvalue weighted by Crippen LogP contribution is 2.22. The highest BCUT2D eigenvalue weighted by atomic mass is 32.1. The van der Waals surface area contributed by atoms with Crippen LogP contribution in [0.3, 0.4) is 0 Å². The lowest BCUT2D eigenvalue weighted by atomic mass is 10.1. The third-order valence-electron chi connectivity index (χ3n) is 4.54. The van der Waals surface area contributed by atoms with Gasteiger partial charge in [0, 0.05) is 44.1 Å². The van der Waals surface area contributed by atoms with Crippen LogP contribution in [0.5, 0.6) is 0 Å². The Bertz CT molecular complexity index is 747. The van der Waals surface area contributed by atoms with Crippen molar-refractivity contribution < 1.29 is 9.59 Å². The van der Waals surface area contributed by atoms with E-state index in [-0.39, 0.29) is 24.2 Å². The normalized spacial score (nSPS) is 17.1. The van der Waals surface area contributed by atoms with Crippen molar-refractivity contribution in [3.63, 3.8) is 0 Å². The molecule has 0 saturated carbocycles. The van der Waals surface area contributed by atoms with Crippen LogP contribution < -0.4 is 0 Å². The zero-order chi connectivity index (χ0) is 17.8. The molecule has 1 aliphatic rings. The van der Waals surface area contributed by atoms with Crippen LogP contribution in [-0.2, 0) is 22.6 Å². The molecule has 1 atom stereocenters. The first kappa shape index (κ1) is 17.5. The number of amides is 2. The largest absolute Gasteiger partial charge is 0.345 e. The van der Waals surface area contributed by atoms with E-state index in [0.717, 1.165) is 17.8 Å². The van der Waals surface area contributed by atoms with E-state index in [0.29, 0.717) is 19.6 Å². The van der Waals surface area contributed by atoms with E-state index in [4.69, 9.17) is 0 Å². The fourth-order valence-corrected chi connectivity index (χ4v) is 3.81. The number of pyridine rings is 1. The highest BCUT2D eigenvalue weighted by molar-refractivity contribution is 7.09. The van der Waals surface area contributed by atoms with Crippen LogP contribution in [0.25, 0.3) is 0 Å². The molecular weight excluding hydrogens is 336 g/mol. The standard InChI is InChI=1S/C18H22N4O2S/c1-13-16(25-12-20-13)6-8-21(2)18(24)14-9-17(23)22(10-14)11-15-5-3-4-7-19-15/h3-5,7,12,14H,6,8-11H2,1-2H3/t14-/m1/s1. The lowest BCUT2D eigenvalue weighted by Crippen LogP contribution is -2.35. The number of likely N-dealkylation sites (tertiary alicyclic amines) is 1. The minimum Gasteiger partial charge on any atom is -0.345 e. The number of carbonyl (C=O) groups excluding carboxylic acids is 2. The Balaban J connectivity index is 1.54. The number of hydrogen-bond acceptors (Lipinski definition) is 5. The van der Waals surface area contributed by atoms with Gasteiger partial charge in [0.05, 0.1) is 29.4 Å². The maximum atomic E-state index is 12.7. The smallest absolute Gasteiger partial charge is 0.227 e. The van der Waals surface area contributed by atoms with Crippen molar-refractivity contribution in [2.45, 2.75) is 26.3 Å². The summed E-state index contributed by atoms with van der Waals surface area (Å²) in [5, 5.41) is 0. The molecule has 1 aliphatic heterocycles. The number of rotatable bonds is 6. The molecule has 0 spiro atoms. The van der Waals surface area contributed by atoms with Gasteiger partial charge in [-0.25, -0.2) is 4.98 Å². The molecule has 7 heteroatoms. The second-order valence-electron chi connectivity index (χ2n) is 6.37. The SMILES string of the molecule is Cc1ncsc1CCN(C)C(=O)[C@@H]1CC(=O)N(Cc2ccccn2)C1. The van der Waals surface area contributed by atoms with Gasteiger partial charge in [-0.05, 0) is 19.1 Å². The Hall–Kier alpha value is -2.28. The van der Waals surface area contributed by atoms with Gasteiger partial charge in [-0.2, -0.15) is 0 Å². The van der Waals surface area contributed by atoms with E-state index in [1.165, 1.54) is 4.88 Å². The summed E-state index contributed by atoms with van der Waals surface area (Å²) in [7, 11) is 1.81. The van der Waals surface area contributed by atoms with Crippen LogP contribution in [0.15, 0.2) is 29.9 Å². The molecule has 0 bridgehead atoms. The molecule has 1 saturated heterocycles. The van der Waals surface area contributed by atoms with E-state index < -0.39 is 0 Å². The average molecular weight is 358 g/mol. The lowest BCUT2D eigenvalue weighted by Gasteiger charge is -2.21. The summed E-state index contributed by atoms with van der Waals surface area (Å²) in [6, 6.07) is 5.65. The number of nitrogens with zero attached hydrogens (tertiary/aromatic N) is 4. The Kier molecular flexibility index (Phi) is 5.43. The van der Waals surface area contributed by atoms with Gasteiger partial charge in [0.15, 0.2) is 0 Å². The van der Waals surface area contributed by atoms with Gasteiger partial charge in [-0.1, -0.05) is 6.07 Å². The Morgan fingerprint density at radius 1 is 1.40 bits per heavy atom. The van der Waals surface area contributed by atoms with Gasteiger partial charge in [-0.3, -0.25) is 14.6 Å². The molecule has 0 aliphatic carbocycles. The molecular formula is C18H22N4O2S. The molecule has 3 heterocycles. The summed E-state index contributed by atoms with van der Waals surface area (Å²) in [6.45, 7) is 3.57. The molecule has 0 aromatic carbocycles. The monoisotopic (exact) mass is 358 g/mol. The van der Waals surface area contributed by atoms with Crippen molar-refractivity contribution in [1.82, 2.24) is 19.8 Å². The van der Waals surface area contributed by atoms with Crippen molar-refractivity contribution >= 4 is 23.2 Å². The Labute approximate surface area is 151 Å². The predicted molar refractivity (Wildman–Crippen MR) is 96.0 cm³/mol. The van der Waals surface area contributed by atoms with Gasteiger partial charge in [-0.15, -0.1) is 11.3 Å². The molecule has 3 rings (SSSR count). The second-order valence-corrected chi connectivity index (χ2v) is 7.31. The van der Waals surface area contributed by atoms with Crippen molar-refractivity contribution in [2.75, 3.05) is 20.1 Å². The highest BCUT2D eigenvalue weighted by Gasteiger charge is 2.35. The fourth-order valence-electron chi connectivity index (χ4n) is 3.03. The van der Waals surface area contributed by atoms with Crippen molar-refractivity contribution in [3.8, 4) is 0 Å². The maximum absolute atomic E-state index is 12.7. The van der Waals surface area contributed by atoms with Gasteiger partial charge < -0.3 is 9.80 Å². The minimum atomic E-state index is -0.260. The Morgan fingerprint density at radius 3 is 2.92 bits per heavy atom. The van der Waals surface area contributed by atoms with Crippen molar-refractivity contribution in [3.05, 3.63) is 46.2 Å². The molecule has 0 N–H and O–H groups in total. The van der Waals surface area contributed by atoms with Crippen LogP contribution >= 0.6 is 11.3 Å². The number of likely N-dealkylation sites (N-methyl/N-ethyl adjacent to an activating group) is 1. The summed E-state index contributed by atoms with van der Waals surface area (Å²) >= 11 is 1.62. The predicted octanol–water partition coefficient (Wildman–Crippen LogP) is 1.90. The minimum absolute atomic E-state index is 0.0238. The summed E-state index contributed by atoms with van der Waals surface area (Å²) in [4.78, 5) is 38.0. The van der Waals surface area contributed by atoms with Crippen molar-refractivity contribution in [2.24, 2.45) is 5.92 Å². The maximum Gasteiger partial charge on any atom is 0.227 e. The first-order valence-electron chi connectivity index (χ1n) is 8.36. The molecule has 0 unspecified atom stereocenters. The van der Waals surface area contributed by atoms with E-state index >= 15 is 0 Å². The average Bonchev–Trinajstić information content (AvgIpc) is 3.19. The molecule has 132 valence electrons. The fraction of sp³-hybridized carbons (Fsp3) is 0.444. The second kappa shape index (κ2) is 7.74. The van der Waals surface area contributed by atoms with Crippen molar-refractivity contribution in [1.29, 1.82) is 0 Å². The number of aryl methyl sites for hydroxylation is 1. The van der Waals surface area contributed by atoms with Crippen LogP contribution in [0.1, 0.15) is 22.7 Å². The quantitative estimate of drug-likeness (QED) is 0.791. The summed E-state index contributed by atoms with van der Waals surface area (Å²) < 4.78 is 0. The number of carbonyl (C=O) groups is 2. The molecule has 1 fully saturated rings. The number of aromatic nitrogens is 2. The van der Waals surface area contributed by atoms with Gasteiger partial charge in [0.25, 0.3) is 0 Å². The molecule has 2 aromatic rings. The van der Waals surface area contributed by atoms with E-state index in [1.54, 1.807) is 27.3 Å². The Morgan fingerprint density at radius 2 is 2.24 bits per heavy atom. The molecule has 0 radical (unpaired) electrons. The first-order chi connectivity index (χ1) is 12.0. The van der Waals surface area contributed by atoms with Gasteiger partial charge >= 0.3 is 0 Å². The van der Waals surface area contributed by atoms with Gasteiger partial charge in [0.2, 0.25) is 11.8 Å². The third-order valence-corrected chi connectivity index (χ3v) is 5.53. The topological polar surface area (TPSA) is 66.4 Å². The van der Waals surface area contributed by atoms with E-state index in [1.807, 2.05) is 37.7 Å². The van der Waals surface area contributed by atoms with Crippen LogP contribution in [0.2, 0.25) is 0 Å². The first-order valence-corrected chi connectivity index (χ1v) is 9.24. The molecule has 2 aromatic heterocycles. The van der Waals surface area contributed by atoms with Gasteiger partial charge in [0.1, 0.15) is 0 Å². The third kappa shape index (κ3) is 4.22. The molecule has 2 amide bonds. The van der Waals surface area contributed by atoms with E-state index in [9.17, 15) is 9.59 Å². The van der Waals surface area contributed by atoms with Crippen LogP contribution in [0, 0.1) is 12.8 Å². The number of thiazole rings is 1. The molecule has 25 heavy (non-hydrogen) atoms. The zero-order valence-corrected chi connectivity index (χ0v) is 15.3. The summed E-state index contributed by atoms with van der Waals surface area (Å²) in [5.41, 5.74) is 3.71. The molecule has 6 nitrogen and oxygen atoms in total. The zero-order valence-electron chi connectivity index (χ0n) is 14.5. The summed E-state index contributed by atoms with van der Waals surface area (Å²) in [5.74, 6) is -0.196. The van der Waals surface area contributed by atoms with Crippen LogP contribution in [-0.4, -0.2) is 51.7 Å². The number of hydrogen-bond donors (Lipinski definition) is 0. The summed E-state index contributed by atoms with van der Waals surface area (Å²) in [6.07, 6.45) is 2.81. The van der Waals surface area contributed by atoms with Crippen LogP contribution in [0.4, 0.5) is 0 Å². The van der Waals surface area contributed by atoms with E-state index in [2.05, 4.69) is 9.97 Å².